The zero-order chi connectivity index (χ0) is 13.9. The molecule has 0 unspecified atom stereocenters. The molecule has 3 nitrogen and oxygen atoms in total. The summed E-state index contributed by atoms with van der Waals surface area (Å²) in [5, 5.41) is 0.956. The summed E-state index contributed by atoms with van der Waals surface area (Å²) in [7, 11) is 1.38. The molecule has 0 spiro atoms. The van der Waals surface area contributed by atoms with Crippen LogP contribution in [0.4, 0.5) is 0 Å². The highest BCUT2D eigenvalue weighted by atomic mass is 32.1. The van der Waals surface area contributed by atoms with Crippen LogP contribution in [-0.4, -0.2) is 13.1 Å². The van der Waals surface area contributed by atoms with Crippen LogP contribution in [0.2, 0.25) is 0 Å². The number of rotatable bonds is 1. The molecule has 0 N–H and O–H groups in total. The summed E-state index contributed by atoms with van der Waals surface area (Å²) in [6.07, 6.45) is 1.59. The molecule has 0 bridgehead atoms. The summed E-state index contributed by atoms with van der Waals surface area (Å²) < 4.78 is 10.9. The van der Waals surface area contributed by atoms with Gasteiger partial charge in [0, 0.05) is 15.6 Å². The third-order valence-electron chi connectivity index (χ3n) is 2.79. The number of hydrogen-bond donors (Lipinski definition) is 0. The van der Waals surface area contributed by atoms with Gasteiger partial charge in [-0.25, -0.2) is 4.79 Å². The summed E-state index contributed by atoms with van der Waals surface area (Å²) in [5.74, 6) is 6.32. The number of carbonyl (C=O) groups is 1. The summed E-state index contributed by atoms with van der Waals surface area (Å²) in [6.45, 7) is 0. The fourth-order valence-electron chi connectivity index (χ4n) is 1.85. The van der Waals surface area contributed by atoms with Crippen LogP contribution >= 0.6 is 11.3 Å². The van der Waals surface area contributed by atoms with Gasteiger partial charge in [0.15, 0.2) is 5.76 Å². The molecule has 0 saturated carbocycles. The van der Waals surface area contributed by atoms with E-state index in [9.17, 15) is 4.79 Å². The number of esters is 1. The van der Waals surface area contributed by atoms with E-state index in [1.54, 1.807) is 18.4 Å². The highest BCUT2D eigenvalue weighted by Crippen LogP contribution is 2.28. The van der Waals surface area contributed by atoms with Gasteiger partial charge >= 0.3 is 5.97 Å². The Kier molecular flexibility index (Phi) is 3.28. The minimum absolute atomic E-state index is 0.323. The molecule has 20 heavy (non-hydrogen) atoms. The van der Waals surface area contributed by atoms with Crippen LogP contribution in [0.1, 0.15) is 21.0 Å². The molecule has 4 heteroatoms. The minimum atomic E-state index is -0.323. The van der Waals surface area contributed by atoms with E-state index in [1.165, 1.54) is 18.4 Å². The first-order valence-corrected chi connectivity index (χ1v) is 6.76. The zero-order valence-electron chi connectivity index (χ0n) is 10.7. The lowest BCUT2D eigenvalue weighted by atomic mass is 10.1. The maximum atomic E-state index is 11.6. The van der Waals surface area contributed by atoms with Crippen molar-refractivity contribution in [2.24, 2.45) is 0 Å². The van der Waals surface area contributed by atoms with Crippen molar-refractivity contribution in [2.45, 2.75) is 0 Å². The summed E-state index contributed by atoms with van der Waals surface area (Å²) in [6, 6.07) is 11.2. The molecule has 2 heterocycles. The van der Waals surface area contributed by atoms with Gasteiger partial charge in [-0.2, -0.15) is 0 Å². The maximum absolute atomic E-state index is 11.6. The maximum Gasteiger partial charge on any atom is 0.348 e. The van der Waals surface area contributed by atoms with Crippen molar-refractivity contribution in [3.63, 3.8) is 0 Å². The molecule has 0 aliphatic heterocycles. The monoisotopic (exact) mass is 282 g/mol. The van der Waals surface area contributed by atoms with Gasteiger partial charge in [-0.3, -0.25) is 0 Å². The number of ether oxygens (including phenoxy) is 1. The van der Waals surface area contributed by atoms with Crippen LogP contribution in [0.3, 0.4) is 0 Å². The van der Waals surface area contributed by atoms with Crippen LogP contribution in [0.5, 0.6) is 0 Å². The van der Waals surface area contributed by atoms with Crippen molar-refractivity contribution in [1.82, 2.24) is 0 Å². The van der Waals surface area contributed by atoms with Gasteiger partial charge in [-0.1, -0.05) is 12.0 Å². The number of thiophene rings is 1. The molecule has 0 atom stereocenters. The van der Waals surface area contributed by atoms with Gasteiger partial charge in [0.25, 0.3) is 0 Å². The van der Waals surface area contributed by atoms with E-state index in [0.29, 0.717) is 10.6 Å². The van der Waals surface area contributed by atoms with Gasteiger partial charge in [-0.15, -0.1) is 11.3 Å². The molecule has 3 rings (SSSR count). The van der Waals surface area contributed by atoms with E-state index in [4.69, 9.17) is 9.15 Å². The first-order valence-electron chi connectivity index (χ1n) is 5.94. The Morgan fingerprint density at radius 3 is 2.90 bits per heavy atom. The average molecular weight is 282 g/mol. The van der Waals surface area contributed by atoms with Gasteiger partial charge < -0.3 is 9.15 Å². The van der Waals surface area contributed by atoms with Gasteiger partial charge in [0.1, 0.15) is 4.88 Å². The fourth-order valence-corrected chi connectivity index (χ4v) is 2.86. The molecule has 1 aromatic carbocycles. The van der Waals surface area contributed by atoms with Crippen LogP contribution in [0, 0.1) is 11.8 Å². The molecule has 0 radical (unpaired) electrons. The summed E-state index contributed by atoms with van der Waals surface area (Å²) in [4.78, 5) is 12.2. The Bertz CT molecular complexity index is 816. The molecule has 0 aliphatic rings. The van der Waals surface area contributed by atoms with Crippen LogP contribution < -0.4 is 0 Å². The van der Waals surface area contributed by atoms with Crippen molar-refractivity contribution < 1.29 is 13.9 Å². The van der Waals surface area contributed by atoms with Crippen LogP contribution in [0.15, 0.2) is 47.1 Å². The number of fused-ring (bicyclic) bond motifs is 1. The highest BCUT2D eigenvalue weighted by molar-refractivity contribution is 7.20. The van der Waals surface area contributed by atoms with E-state index in [1.807, 2.05) is 24.3 Å². The second-order valence-electron chi connectivity index (χ2n) is 4.05. The predicted octanol–water partition coefficient (Wildman–Crippen LogP) is 3.68. The number of benzene rings is 1. The topological polar surface area (TPSA) is 39.4 Å². The lowest BCUT2D eigenvalue weighted by Gasteiger charge is -1.92. The lowest BCUT2D eigenvalue weighted by Crippen LogP contribution is -1.96. The van der Waals surface area contributed by atoms with Crippen molar-refractivity contribution in [2.75, 3.05) is 7.11 Å². The molecular weight excluding hydrogens is 272 g/mol. The van der Waals surface area contributed by atoms with Gasteiger partial charge in [-0.05, 0) is 36.3 Å². The van der Waals surface area contributed by atoms with Crippen LogP contribution in [0.25, 0.3) is 10.1 Å². The third kappa shape index (κ3) is 2.31. The van der Waals surface area contributed by atoms with Crippen molar-refractivity contribution in [3.8, 4) is 11.8 Å². The van der Waals surface area contributed by atoms with Gasteiger partial charge in [0.2, 0.25) is 0 Å². The first-order chi connectivity index (χ1) is 9.78. The molecule has 0 fully saturated rings. The highest BCUT2D eigenvalue weighted by Gasteiger charge is 2.11. The van der Waals surface area contributed by atoms with Crippen molar-refractivity contribution in [3.05, 3.63) is 58.9 Å². The van der Waals surface area contributed by atoms with Crippen LogP contribution in [-0.2, 0) is 4.74 Å². The molecule has 0 amide bonds. The van der Waals surface area contributed by atoms with E-state index >= 15 is 0 Å². The molecule has 3 aromatic rings. The predicted molar refractivity (Wildman–Crippen MR) is 77.9 cm³/mol. The Labute approximate surface area is 119 Å². The number of carbonyl (C=O) groups excluding carboxylic acids is 1. The largest absolute Gasteiger partial charge is 0.465 e. The normalized spacial score (nSPS) is 10.1. The SMILES string of the molecule is COC(=O)c1cc2c(C#Cc3ccco3)cccc2s1. The molecule has 0 aliphatic carbocycles. The second-order valence-corrected chi connectivity index (χ2v) is 5.13. The van der Waals surface area contributed by atoms with E-state index < -0.39 is 0 Å². The minimum Gasteiger partial charge on any atom is -0.465 e. The standard InChI is InChI=1S/C16H10O3S/c1-18-16(17)15-10-13-11(4-2-6-14(13)20-15)7-8-12-5-3-9-19-12/h2-6,9-10H,1H3. The second kappa shape index (κ2) is 5.24. The van der Waals surface area contributed by atoms with E-state index in [-0.39, 0.29) is 5.97 Å². The summed E-state index contributed by atoms with van der Waals surface area (Å²) >= 11 is 1.40. The Morgan fingerprint density at radius 2 is 2.15 bits per heavy atom. The Hall–Kier alpha value is -2.51. The number of methoxy groups -OCH3 is 1. The molecular formula is C16H10O3S. The van der Waals surface area contributed by atoms with E-state index in [0.717, 1.165) is 15.6 Å². The zero-order valence-corrected chi connectivity index (χ0v) is 11.5. The third-order valence-corrected chi connectivity index (χ3v) is 3.87. The van der Waals surface area contributed by atoms with Gasteiger partial charge in [0.05, 0.1) is 13.4 Å². The molecule has 2 aromatic heterocycles. The molecule has 0 saturated heterocycles. The Balaban J connectivity index is 2.07. The smallest absolute Gasteiger partial charge is 0.348 e. The average Bonchev–Trinajstić information content (AvgIpc) is 3.13. The van der Waals surface area contributed by atoms with E-state index in [2.05, 4.69) is 11.8 Å². The lowest BCUT2D eigenvalue weighted by molar-refractivity contribution is 0.0606. The first kappa shape index (κ1) is 12.5. The quantitative estimate of drug-likeness (QED) is 0.505. The van der Waals surface area contributed by atoms with Crippen molar-refractivity contribution in [1.29, 1.82) is 0 Å². The fraction of sp³-hybridized carbons (Fsp3) is 0.0625. The number of hydrogen-bond acceptors (Lipinski definition) is 4. The molecule has 98 valence electrons. The number of furan rings is 1. The summed E-state index contributed by atoms with van der Waals surface area (Å²) in [5.41, 5.74) is 0.866. The van der Waals surface area contributed by atoms with Crippen molar-refractivity contribution >= 4 is 27.4 Å². The Morgan fingerprint density at radius 1 is 1.25 bits per heavy atom.